The van der Waals surface area contributed by atoms with E-state index in [4.69, 9.17) is 0 Å². The summed E-state index contributed by atoms with van der Waals surface area (Å²) < 4.78 is 1.81. The predicted octanol–water partition coefficient (Wildman–Crippen LogP) is 2.42. The van der Waals surface area contributed by atoms with E-state index in [0.29, 0.717) is 12.6 Å². The zero-order chi connectivity index (χ0) is 13.2. The average Bonchev–Trinajstić information content (AvgIpc) is 2.72. The van der Waals surface area contributed by atoms with Crippen LogP contribution in [0.4, 0.5) is 0 Å². The minimum Gasteiger partial charge on any atom is -0.362 e. The topological polar surface area (TPSA) is 42.2 Å². The fraction of sp³-hybridized carbons (Fsp3) is 0.692. The molecule has 0 saturated carbocycles. The first-order valence-electron chi connectivity index (χ1n) is 6.37. The normalized spacial score (nSPS) is 23.1. The lowest BCUT2D eigenvalue weighted by atomic mass is 9.85. The number of nitrogens with zero attached hydrogens (tertiary/aromatic N) is 3. The number of hydrogen-bond acceptors (Lipinski definition) is 3. The van der Waals surface area contributed by atoms with Crippen LogP contribution < -0.4 is 5.32 Å². The smallest absolute Gasteiger partial charge is 0.157 e. The number of aromatic nitrogens is 2. The van der Waals surface area contributed by atoms with Gasteiger partial charge < -0.3 is 5.32 Å². The zero-order valence-electron chi connectivity index (χ0n) is 11.6. The molecule has 1 unspecified atom stereocenters. The molecule has 1 aromatic heterocycles. The Hall–Kier alpha value is -0.970. The second-order valence-corrected chi connectivity index (χ2v) is 6.89. The van der Waals surface area contributed by atoms with Crippen molar-refractivity contribution in [2.45, 2.75) is 39.8 Å². The highest BCUT2D eigenvalue weighted by Gasteiger charge is 2.28. The fourth-order valence-corrected chi connectivity index (χ4v) is 2.91. The van der Waals surface area contributed by atoms with Crippen molar-refractivity contribution in [3.05, 3.63) is 18.0 Å². The van der Waals surface area contributed by atoms with Crippen LogP contribution in [0.2, 0.25) is 0 Å². The summed E-state index contributed by atoms with van der Waals surface area (Å²) in [6.07, 6.45) is 3.16. The standard InChI is InChI=1S/C13H22N4S/c1-13(2,3)11-6-8-18-12(15-11)14-9-10-5-7-17(4)16-10/h5,7,11H,6,8-9H2,1-4H3,(H,14,15). The first kappa shape index (κ1) is 13.5. The monoisotopic (exact) mass is 266 g/mol. The molecule has 0 bridgehead atoms. The highest BCUT2D eigenvalue weighted by molar-refractivity contribution is 8.13. The van der Waals surface area contributed by atoms with Gasteiger partial charge in [-0.05, 0) is 17.9 Å². The lowest BCUT2D eigenvalue weighted by molar-refractivity contribution is 0.290. The van der Waals surface area contributed by atoms with Crippen molar-refractivity contribution in [2.24, 2.45) is 17.5 Å². The van der Waals surface area contributed by atoms with Crippen LogP contribution in [0.1, 0.15) is 32.9 Å². The van der Waals surface area contributed by atoms with Crippen LogP contribution in [0.25, 0.3) is 0 Å². The highest BCUT2D eigenvalue weighted by atomic mass is 32.2. The molecule has 0 aliphatic carbocycles. The van der Waals surface area contributed by atoms with Crippen molar-refractivity contribution in [2.75, 3.05) is 5.75 Å². The van der Waals surface area contributed by atoms with E-state index in [1.54, 1.807) is 0 Å². The van der Waals surface area contributed by atoms with Crippen molar-refractivity contribution >= 4 is 16.9 Å². The third-order valence-electron chi connectivity index (χ3n) is 3.14. The van der Waals surface area contributed by atoms with Crippen LogP contribution >= 0.6 is 11.8 Å². The molecule has 1 aliphatic heterocycles. The maximum absolute atomic E-state index is 4.62. The van der Waals surface area contributed by atoms with Crippen LogP contribution in [-0.2, 0) is 13.6 Å². The minimum atomic E-state index is 0.284. The van der Waals surface area contributed by atoms with Gasteiger partial charge in [0, 0.05) is 25.0 Å². The molecule has 1 saturated heterocycles. The van der Waals surface area contributed by atoms with Gasteiger partial charge in [-0.15, -0.1) is 0 Å². The predicted molar refractivity (Wildman–Crippen MR) is 77.8 cm³/mol. The molecule has 18 heavy (non-hydrogen) atoms. The van der Waals surface area contributed by atoms with E-state index >= 15 is 0 Å². The Kier molecular flexibility index (Phi) is 4.00. The Morgan fingerprint density at radius 3 is 2.94 bits per heavy atom. The van der Waals surface area contributed by atoms with Crippen molar-refractivity contribution in [3.63, 3.8) is 0 Å². The molecule has 0 amide bonds. The summed E-state index contributed by atoms with van der Waals surface area (Å²) in [4.78, 5) is 4.62. The van der Waals surface area contributed by atoms with Crippen molar-refractivity contribution < 1.29 is 0 Å². The van der Waals surface area contributed by atoms with Gasteiger partial charge in [0.2, 0.25) is 0 Å². The molecule has 0 radical (unpaired) electrons. The minimum absolute atomic E-state index is 0.284. The SMILES string of the molecule is Cn1ccc(CN=C2NC(C(C)(C)C)CCS2)n1. The third kappa shape index (κ3) is 3.51. The lowest BCUT2D eigenvalue weighted by Crippen LogP contribution is -2.46. The molecule has 0 aromatic carbocycles. The van der Waals surface area contributed by atoms with Crippen molar-refractivity contribution in [1.82, 2.24) is 15.1 Å². The summed E-state index contributed by atoms with van der Waals surface area (Å²) in [5.74, 6) is 1.15. The molecule has 1 fully saturated rings. The molecule has 100 valence electrons. The van der Waals surface area contributed by atoms with Gasteiger partial charge in [-0.25, -0.2) is 0 Å². The largest absolute Gasteiger partial charge is 0.362 e. The van der Waals surface area contributed by atoms with E-state index in [2.05, 4.69) is 36.2 Å². The molecule has 1 N–H and O–H groups in total. The van der Waals surface area contributed by atoms with Gasteiger partial charge in [0.25, 0.3) is 0 Å². The van der Waals surface area contributed by atoms with E-state index in [9.17, 15) is 0 Å². The molecule has 1 aromatic rings. The van der Waals surface area contributed by atoms with E-state index in [1.807, 2.05) is 35.8 Å². The molecule has 2 heterocycles. The third-order valence-corrected chi connectivity index (χ3v) is 4.10. The van der Waals surface area contributed by atoms with Gasteiger partial charge in [-0.3, -0.25) is 9.67 Å². The van der Waals surface area contributed by atoms with Crippen LogP contribution in [0.5, 0.6) is 0 Å². The fourth-order valence-electron chi connectivity index (χ4n) is 1.98. The second-order valence-electron chi connectivity index (χ2n) is 5.80. The first-order chi connectivity index (χ1) is 8.45. The summed E-state index contributed by atoms with van der Waals surface area (Å²) in [6.45, 7) is 7.48. The number of thioether (sulfide) groups is 1. The van der Waals surface area contributed by atoms with E-state index in [0.717, 1.165) is 16.6 Å². The van der Waals surface area contributed by atoms with Gasteiger partial charge in [0.1, 0.15) is 0 Å². The van der Waals surface area contributed by atoms with E-state index in [-0.39, 0.29) is 5.41 Å². The second kappa shape index (κ2) is 5.34. The summed E-state index contributed by atoms with van der Waals surface area (Å²) in [5, 5.41) is 8.95. The molecule has 2 rings (SSSR count). The molecule has 4 nitrogen and oxygen atoms in total. The van der Waals surface area contributed by atoms with Crippen molar-refractivity contribution in [1.29, 1.82) is 0 Å². The Balaban J connectivity index is 1.96. The average molecular weight is 266 g/mol. The summed E-state index contributed by atoms with van der Waals surface area (Å²) in [7, 11) is 1.93. The number of rotatable bonds is 2. The van der Waals surface area contributed by atoms with Gasteiger partial charge in [-0.2, -0.15) is 5.10 Å². The molecular formula is C13H22N4S. The molecule has 0 spiro atoms. The van der Waals surface area contributed by atoms with Crippen LogP contribution in [-0.4, -0.2) is 26.7 Å². The number of nitrogens with one attached hydrogen (secondary N) is 1. The Bertz CT molecular complexity index is 430. The summed E-state index contributed by atoms with van der Waals surface area (Å²) in [5.41, 5.74) is 1.30. The van der Waals surface area contributed by atoms with Crippen LogP contribution in [0.15, 0.2) is 17.3 Å². The Labute approximate surface area is 113 Å². The summed E-state index contributed by atoms with van der Waals surface area (Å²) in [6, 6.07) is 2.53. The highest BCUT2D eigenvalue weighted by Crippen LogP contribution is 2.27. The molecule has 1 aliphatic rings. The zero-order valence-corrected chi connectivity index (χ0v) is 12.4. The van der Waals surface area contributed by atoms with E-state index < -0.39 is 0 Å². The Morgan fingerprint density at radius 2 is 2.33 bits per heavy atom. The van der Waals surface area contributed by atoms with Gasteiger partial charge in [0.15, 0.2) is 5.17 Å². The number of aryl methyl sites for hydroxylation is 1. The number of hydrogen-bond donors (Lipinski definition) is 1. The van der Waals surface area contributed by atoms with Crippen molar-refractivity contribution in [3.8, 4) is 0 Å². The Morgan fingerprint density at radius 1 is 1.56 bits per heavy atom. The molecule has 1 atom stereocenters. The van der Waals surface area contributed by atoms with Crippen LogP contribution in [0.3, 0.4) is 0 Å². The summed E-state index contributed by atoms with van der Waals surface area (Å²) >= 11 is 1.81. The lowest BCUT2D eigenvalue weighted by Gasteiger charge is -2.35. The molecular weight excluding hydrogens is 244 g/mol. The number of amidine groups is 1. The quantitative estimate of drug-likeness (QED) is 0.894. The van der Waals surface area contributed by atoms with E-state index in [1.165, 1.54) is 6.42 Å². The number of aliphatic imine (C=N–C) groups is 1. The molecule has 5 heteroatoms. The first-order valence-corrected chi connectivity index (χ1v) is 7.36. The van der Waals surface area contributed by atoms with Gasteiger partial charge in [-0.1, -0.05) is 32.5 Å². The maximum atomic E-state index is 4.62. The van der Waals surface area contributed by atoms with Gasteiger partial charge in [0.05, 0.1) is 12.2 Å². The van der Waals surface area contributed by atoms with Gasteiger partial charge >= 0.3 is 0 Å². The maximum Gasteiger partial charge on any atom is 0.157 e. The van der Waals surface area contributed by atoms with Crippen LogP contribution in [0, 0.1) is 5.41 Å².